The van der Waals surface area contributed by atoms with E-state index in [0.29, 0.717) is 16.7 Å². The smallest absolute Gasteiger partial charge is 0.387 e. The van der Waals surface area contributed by atoms with Gasteiger partial charge in [-0.2, -0.15) is 8.78 Å². The third-order valence-electron chi connectivity index (χ3n) is 3.03. The van der Waals surface area contributed by atoms with E-state index in [4.69, 9.17) is 4.74 Å². The fourth-order valence-electron chi connectivity index (χ4n) is 2.08. The summed E-state index contributed by atoms with van der Waals surface area (Å²) >= 11 is 0. The van der Waals surface area contributed by atoms with Crippen LogP contribution in [0, 0.1) is 10.1 Å². The van der Waals surface area contributed by atoms with E-state index >= 15 is 0 Å². The molecule has 0 aliphatic heterocycles. The van der Waals surface area contributed by atoms with E-state index in [0.717, 1.165) is 6.20 Å². The lowest BCUT2D eigenvalue weighted by Gasteiger charge is -2.12. The third-order valence-corrected chi connectivity index (χ3v) is 3.03. The molecular formula is C16H13F2NO4. The average Bonchev–Trinajstić information content (AvgIpc) is 2.52. The number of nitrogens with zero attached hydrogens (tertiary/aromatic N) is 1. The molecule has 5 nitrogen and oxygen atoms in total. The lowest BCUT2D eigenvalue weighted by Crippen LogP contribution is -2.03. The number of nitro groups is 1. The van der Waals surface area contributed by atoms with Gasteiger partial charge >= 0.3 is 6.61 Å². The molecule has 0 aromatic heterocycles. The Morgan fingerprint density at radius 3 is 2.57 bits per heavy atom. The summed E-state index contributed by atoms with van der Waals surface area (Å²) in [6, 6.07) is 11.5. The highest BCUT2D eigenvalue weighted by Gasteiger charge is 2.13. The lowest BCUT2D eigenvalue weighted by molar-refractivity contribution is -0.400. The van der Waals surface area contributed by atoms with Crippen LogP contribution in [0.3, 0.4) is 0 Å². The Bertz CT molecular complexity index is 732. The van der Waals surface area contributed by atoms with E-state index in [1.165, 1.54) is 25.3 Å². The van der Waals surface area contributed by atoms with E-state index in [-0.39, 0.29) is 11.5 Å². The van der Waals surface area contributed by atoms with Crippen LogP contribution in [0.2, 0.25) is 0 Å². The zero-order valence-corrected chi connectivity index (χ0v) is 12.1. The standard InChI is InChI=1S/C16H13F2NO4/c1-22-14-7-6-12(10-15(14)23-16(17)18)13-5-3-2-4-11(13)8-9-19(20)21/h2-10,16H,1H3/b9-8+. The van der Waals surface area contributed by atoms with Crippen LogP contribution in [0.15, 0.2) is 48.7 Å². The summed E-state index contributed by atoms with van der Waals surface area (Å²) in [5, 5.41) is 10.5. The highest BCUT2D eigenvalue weighted by molar-refractivity contribution is 5.76. The second-order valence-electron chi connectivity index (χ2n) is 4.43. The molecule has 0 unspecified atom stereocenters. The van der Waals surface area contributed by atoms with Crippen LogP contribution in [0.1, 0.15) is 5.56 Å². The van der Waals surface area contributed by atoms with Crippen LogP contribution >= 0.6 is 0 Å². The van der Waals surface area contributed by atoms with Gasteiger partial charge in [-0.15, -0.1) is 0 Å². The summed E-state index contributed by atoms with van der Waals surface area (Å²) in [6.45, 7) is -2.98. The maximum absolute atomic E-state index is 12.5. The Labute approximate surface area is 130 Å². The summed E-state index contributed by atoms with van der Waals surface area (Å²) in [5.41, 5.74) is 1.80. The molecule has 120 valence electrons. The van der Waals surface area contributed by atoms with Gasteiger partial charge in [0.05, 0.1) is 12.0 Å². The molecule has 7 heteroatoms. The Morgan fingerprint density at radius 1 is 1.17 bits per heavy atom. The van der Waals surface area contributed by atoms with Crippen molar-refractivity contribution in [1.82, 2.24) is 0 Å². The molecule has 0 saturated carbocycles. The number of benzene rings is 2. The van der Waals surface area contributed by atoms with Crippen LogP contribution in [-0.4, -0.2) is 18.6 Å². The van der Waals surface area contributed by atoms with Crippen molar-refractivity contribution in [2.75, 3.05) is 7.11 Å². The van der Waals surface area contributed by atoms with Gasteiger partial charge in [-0.1, -0.05) is 30.3 Å². The van der Waals surface area contributed by atoms with Gasteiger partial charge in [-0.25, -0.2) is 0 Å². The predicted octanol–water partition coefficient (Wildman–Crippen LogP) is 4.21. The molecule has 0 aliphatic rings. The number of ether oxygens (including phenoxy) is 2. The van der Waals surface area contributed by atoms with Crippen LogP contribution in [0.5, 0.6) is 11.5 Å². The van der Waals surface area contributed by atoms with Crippen LogP contribution in [-0.2, 0) is 0 Å². The van der Waals surface area contributed by atoms with Gasteiger partial charge in [0, 0.05) is 6.08 Å². The number of methoxy groups -OCH3 is 1. The van der Waals surface area contributed by atoms with Crippen LogP contribution in [0.25, 0.3) is 17.2 Å². The van der Waals surface area contributed by atoms with E-state index in [9.17, 15) is 18.9 Å². The molecule has 0 bridgehead atoms. The SMILES string of the molecule is COc1ccc(-c2ccccc2/C=C/[N+](=O)[O-])cc1OC(F)F. The van der Waals surface area contributed by atoms with Gasteiger partial charge < -0.3 is 9.47 Å². The van der Waals surface area contributed by atoms with Gasteiger partial charge in [0.15, 0.2) is 11.5 Å². The molecule has 23 heavy (non-hydrogen) atoms. The minimum absolute atomic E-state index is 0.104. The Morgan fingerprint density at radius 2 is 1.91 bits per heavy atom. The van der Waals surface area contributed by atoms with Gasteiger partial charge in [-0.05, 0) is 28.8 Å². The Hall–Kier alpha value is -2.96. The van der Waals surface area contributed by atoms with E-state index in [1.807, 2.05) is 0 Å². The van der Waals surface area contributed by atoms with Crippen molar-refractivity contribution in [2.45, 2.75) is 6.61 Å². The van der Waals surface area contributed by atoms with Crippen molar-refractivity contribution >= 4 is 6.08 Å². The largest absolute Gasteiger partial charge is 0.493 e. The first-order valence-corrected chi connectivity index (χ1v) is 6.55. The number of hydrogen-bond acceptors (Lipinski definition) is 4. The summed E-state index contributed by atoms with van der Waals surface area (Å²) in [5.74, 6) is 0.0698. The van der Waals surface area contributed by atoms with Crippen molar-refractivity contribution in [3.05, 3.63) is 64.3 Å². The van der Waals surface area contributed by atoms with Gasteiger partial charge in [0.2, 0.25) is 6.20 Å². The third kappa shape index (κ3) is 4.26. The maximum atomic E-state index is 12.5. The molecule has 0 atom stereocenters. The number of rotatable bonds is 6. The minimum Gasteiger partial charge on any atom is -0.493 e. The molecule has 0 heterocycles. The minimum atomic E-state index is -2.98. The molecule has 0 amide bonds. The lowest BCUT2D eigenvalue weighted by atomic mass is 9.99. The van der Waals surface area contributed by atoms with Crippen molar-refractivity contribution in [3.63, 3.8) is 0 Å². The number of alkyl halides is 2. The fourth-order valence-corrected chi connectivity index (χ4v) is 2.08. The molecule has 2 aromatic carbocycles. The molecule has 0 N–H and O–H groups in total. The van der Waals surface area contributed by atoms with Crippen molar-refractivity contribution in [2.24, 2.45) is 0 Å². The first-order valence-electron chi connectivity index (χ1n) is 6.55. The molecule has 0 fully saturated rings. The molecule has 0 radical (unpaired) electrons. The van der Waals surface area contributed by atoms with Gasteiger partial charge in [-0.3, -0.25) is 10.1 Å². The molecular weight excluding hydrogens is 308 g/mol. The van der Waals surface area contributed by atoms with Crippen molar-refractivity contribution in [1.29, 1.82) is 0 Å². The summed E-state index contributed by atoms with van der Waals surface area (Å²) in [7, 11) is 1.35. The number of halogens is 2. The monoisotopic (exact) mass is 321 g/mol. The van der Waals surface area contributed by atoms with Crippen molar-refractivity contribution < 1.29 is 23.2 Å². The fraction of sp³-hybridized carbons (Fsp3) is 0.125. The van der Waals surface area contributed by atoms with Crippen LogP contribution < -0.4 is 9.47 Å². The quantitative estimate of drug-likeness (QED) is 0.590. The van der Waals surface area contributed by atoms with Gasteiger partial charge in [0.25, 0.3) is 0 Å². The summed E-state index contributed by atoms with van der Waals surface area (Å²) in [6.07, 6.45) is 2.16. The van der Waals surface area contributed by atoms with Crippen LogP contribution in [0.4, 0.5) is 8.78 Å². The average molecular weight is 321 g/mol. The summed E-state index contributed by atoms with van der Waals surface area (Å²) < 4.78 is 34.4. The molecule has 2 rings (SSSR count). The van der Waals surface area contributed by atoms with Crippen molar-refractivity contribution in [3.8, 4) is 22.6 Å². The molecule has 0 aliphatic carbocycles. The highest BCUT2D eigenvalue weighted by atomic mass is 19.3. The Balaban J connectivity index is 2.48. The highest BCUT2D eigenvalue weighted by Crippen LogP contribution is 2.35. The maximum Gasteiger partial charge on any atom is 0.387 e. The van der Waals surface area contributed by atoms with E-state index in [1.54, 1.807) is 30.3 Å². The molecule has 0 saturated heterocycles. The second kappa shape index (κ2) is 7.35. The topological polar surface area (TPSA) is 61.6 Å². The first kappa shape index (κ1) is 16.4. The zero-order chi connectivity index (χ0) is 16.8. The van der Waals surface area contributed by atoms with Gasteiger partial charge in [0.1, 0.15) is 0 Å². The first-order chi connectivity index (χ1) is 11.0. The zero-order valence-electron chi connectivity index (χ0n) is 12.1. The van der Waals surface area contributed by atoms with E-state index in [2.05, 4.69) is 4.74 Å². The molecule has 2 aromatic rings. The second-order valence-corrected chi connectivity index (χ2v) is 4.43. The number of hydrogen-bond donors (Lipinski definition) is 0. The van der Waals surface area contributed by atoms with E-state index < -0.39 is 11.5 Å². The summed E-state index contributed by atoms with van der Waals surface area (Å²) in [4.78, 5) is 9.90. The Kier molecular flexibility index (Phi) is 5.24. The molecule has 0 spiro atoms. The predicted molar refractivity (Wildman–Crippen MR) is 81.1 cm³/mol. The normalized spacial score (nSPS) is 11.0.